The Labute approximate surface area is 95.2 Å². The van der Waals surface area contributed by atoms with Crippen LogP contribution in [0, 0.1) is 17.3 Å². The molecular weight excluding hydrogens is 182 g/mol. The normalized spacial score (nSPS) is 38.8. The molecule has 1 heterocycles. The number of hydrogen-bond donors (Lipinski definition) is 0. The first-order valence-corrected chi connectivity index (χ1v) is 6.72. The van der Waals surface area contributed by atoms with E-state index >= 15 is 0 Å². The van der Waals surface area contributed by atoms with Crippen molar-refractivity contribution in [1.82, 2.24) is 4.90 Å². The molecule has 1 nitrogen and oxygen atoms in total. The summed E-state index contributed by atoms with van der Waals surface area (Å²) in [6.07, 6.45) is 5.78. The minimum absolute atomic E-state index is 0.517. The molecule has 1 saturated heterocycles. The second-order valence-electron chi connectivity index (χ2n) is 6.86. The summed E-state index contributed by atoms with van der Waals surface area (Å²) in [6.45, 7) is 12.4. The Morgan fingerprint density at radius 2 is 1.80 bits per heavy atom. The van der Waals surface area contributed by atoms with Crippen LogP contribution in [0.5, 0.6) is 0 Å². The van der Waals surface area contributed by atoms with E-state index in [-0.39, 0.29) is 0 Å². The summed E-state index contributed by atoms with van der Waals surface area (Å²) in [5.74, 6) is 1.88. The summed E-state index contributed by atoms with van der Waals surface area (Å²) < 4.78 is 0. The maximum Gasteiger partial charge on any atom is 0.0129 e. The van der Waals surface area contributed by atoms with Gasteiger partial charge in [-0.1, -0.05) is 27.7 Å². The third-order valence-corrected chi connectivity index (χ3v) is 4.51. The van der Waals surface area contributed by atoms with Gasteiger partial charge in [0.15, 0.2) is 0 Å². The van der Waals surface area contributed by atoms with E-state index in [1.165, 1.54) is 38.8 Å². The van der Waals surface area contributed by atoms with E-state index in [4.69, 9.17) is 0 Å². The highest BCUT2D eigenvalue weighted by Gasteiger charge is 2.42. The fraction of sp³-hybridized carbons (Fsp3) is 1.00. The second kappa shape index (κ2) is 4.08. The molecule has 3 atom stereocenters. The zero-order valence-corrected chi connectivity index (χ0v) is 10.9. The van der Waals surface area contributed by atoms with Crippen molar-refractivity contribution in [2.24, 2.45) is 17.3 Å². The van der Waals surface area contributed by atoms with Crippen molar-refractivity contribution < 1.29 is 0 Å². The van der Waals surface area contributed by atoms with Crippen LogP contribution >= 0.6 is 0 Å². The predicted molar refractivity (Wildman–Crippen MR) is 65.9 cm³/mol. The summed E-state index contributed by atoms with van der Waals surface area (Å²) in [5, 5.41) is 0. The molecule has 0 spiro atoms. The lowest BCUT2D eigenvalue weighted by Crippen LogP contribution is -2.54. The van der Waals surface area contributed by atoms with Crippen molar-refractivity contribution in [3.8, 4) is 0 Å². The van der Waals surface area contributed by atoms with Crippen LogP contribution in [-0.2, 0) is 0 Å². The van der Waals surface area contributed by atoms with Crippen LogP contribution in [0.4, 0.5) is 0 Å². The zero-order valence-electron chi connectivity index (χ0n) is 10.9. The van der Waals surface area contributed by atoms with Crippen LogP contribution in [0.25, 0.3) is 0 Å². The largest absolute Gasteiger partial charge is 0.300 e. The van der Waals surface area contributed by atoms with Crippen LogP contribution in [-0.4, -0.2) is 24.0 Å². The number of hydrogen-bond acceptors (Lipinski definition) is 1. The summed E-state index contributed by atoms with van der Waals surface area (Å²) in [5.41, 5.74) is 0.517. The molecule has 0 aromatic rings. The van der Waals surface area contributed by atoms with Crippen LogP contribution < -0.4 is 0 Å². The van der Waals surface area contributed by atoms with E-state index in [0.29, 0.717) is 5.41 Å². The fourth-order valence-electron chi connectivity index (χ4n) is 3.46. The Morgan fingerprint density at radius 3 is 2.27 bits per heavy atom. The first-order chi connectivity index (χ1) is 6.98. The first-order valence-electron chi connectivity index (χ1n) is 6.72. The topological polar surface area (TPSA) is 3.24 Å². The van der Waals surface area contributed by atoms with Gasteiger partial charge in [-0.05, 0) is 49.5 Å². The van der Waals surface area contributed by atoms with Gasteiger partial charge in [-0.3, -0.25) is 4.90 Å². The van der Waals surface area contributed by atoms with Gasteiger partial charge >= 0.3 is 0 Å². The molecule has 0 N–H and O–H groups in total. The van der Waals surface area contributed by atoms with Crippen LogP contribution in [0.2, 0.25) is 0 Å². The molecule has 0 amide bonds. The number of nitrogens with zero attached hydrogens (tertiary/aromatic N) is 1. The molecule has 1 heteroatoms. The molecule has 0 bridgehead atoms. The molecule has 1 aliphatic carbocycles. The van der Waals surface area contributed by atoms with Crippen molar-refractivity contribution >= 4 is 0 Å². The van der Waals surface area contributed by atoms with Crippen molar-refractivity contribution in [3.63, 3.8) is 0 Å². The highest BCUT2D eigenvalue weighted by molar-refractivity contribution is 4.95. The van der Waals surface area contributed by atoms with Crippen molar-refractivity contribution in [2.75, 3.05) is 13.1 Å². The fourth-order valence-corrected chi connectivity index (χ4v) is 3.46. The van der Waals surface area contributed by atoms with Gasteiger partial charge in [-0.15, -0.1) is 0 Å². The molecule has 2 aliphatic rings. The summed E-state index contributed by atoms with van der Waals surface area (Å²) in [6, 6.07) is 0.910. The maximum atomic E-state index is 2.79. The third-order valence-electron chi connectivity index (χ3n) is 4.51. The first kappa shape index (κ1) is 11.4. The minimum atomic E-state index is 0.517. The Morgan fingerprint density at radius 1 is 1.07 bits per heavy atom. The molecule has 88 valence electrons. The standard InChI is InChI=1S/C14H27N/c1-11-6-5-9-15(10-11)13-8-7-12(13)14(2,3)4/h11-13H,5-10H2,1-4H3. The predicted octanol–water partition coefficient (Wildman–Crippen LogP) is 3.54. The lowest BCUT2D eigenvalue weighted by atomic mass is 9.64. The van der Waals surface area contributed by atoms with Gasteiger partial charge in [-0.25, -0.2) is 0 Å². The van der Waals surface area contributed by atoms with Crippen molar-refractivity contribution in [1.29, 1.82) is 0 Å². The molecule has 0 radical (unpaired) electrons. The molecule has 0 aromatic carbocycles. The van der Waals surface area contributed by atoms with E-state index < -0.39 is 0 Å². The van der Waals surface area contributed by atoms with Gasteiger partial charge < -0.3 is 0 Å². The number of rotatable bonds is 1. The third kappa shape index (κ3) is 2.38. The smallest absolute Gasteiger partial charge is 0.0129 e. The zero-order chi connectivity index (χ0) is 11.1. The Balaban J connectivity index is 1.93. The molecule has 15 heavy (non-hydrogen) atoms. The Kier molecular flexibility index (Phi) is 3.12. The Bertz CT molecular complexity index is 216. The van der Waals surface area contributed by atoms with Gasteiger partial charge in [0, 0.05) is 12.6 Å². The van der Waals surface area contributed by atoms with Gasteiger partial charge in [0.05, 0.1) is 0 Å². The maximum absolute atomic E-state index is 2.79. The van der Waals surface area contributed by atoms with Gasteiger partial charge in [-0.2, -0.15) is 0 Å². The molecule has 2 rings (SSSR count). The van der Waals surface area contributed by atoms with E-state index in [0.717, 1.165) is 17.9 Å². The van der Waals surface area contributed by atoms with E-state index in [2.05, 4.69) is 32.6 Å². The average molecular weight is 209 g/mol. The van der Waals surface area contributed by atoms with Gasteiger partial charge in [0.1, 0.15) is 0 Å². The number of likely N-dealkylation sites (tertiary alicyclic amines) is 1. The van der Waals surface area contributed by atoms with Crippen LogP contribution in [0.3, 0.4) is 0 Å². The molecule has 0 aromatic heterocycles. The van der Waals surface area contributed by atoms with Crippen molar-refractivity contribution in [3.05, 3.63) is 0 Å². The molecule has 1 saturated carbocycles. The summed E-state index contributed by atoms with van der Waals surface area (Å²) in [7, 11) is 0. The van der Waals surface area contributed by atoms with E-state index in [9.17, 15) is 0 Å². The van der Waals surface area contributed by atoms with Gasteiger partial charge in [0.25, 0.3) is 0 Å². The lowest BCUT2D eigenvalue weighted by molar-refractivity contribution is -0.0198. The van der Waals surface area contributed by atoms with Crippen molar-refractivity contribution in [2.45, 2.75) is 59.4 Å². The highest BCUT2D eigenvalue weighted by Crippen LogP contribution is 2.44. The summed E-state index contributed by atoms with van der Waals surface area (Å²) >= 11 is 0. The quantitative estimate of drug-likeness (QED) is 0.638. The molecule has 2 fully saturated rings. The van der Waals surface area contributed by atoms with E-state index in [1.54, 1.807) is 0 Å². The Hall–Kier alpha value is -0.0400. The van der Waals surface area contributed by atoms with Crippen LogP contribution in [0.15, 0.2) is 0 Å². The highest BCUT2D eigenvalue weighted by atomic mass is 15.2. The van der Waals surface area contributed by atoms with Gasteiger partial charge in [0.2, 0.25) is 0 Å². The molecule has 1 aliphatic heterocycles. The lowest BCUT2D eigenvalue weighted by Gasteiger charge is -2.52. The SMILES string of the molecule is CC1CCCN(C2CCC2C(C)(C)C)C1. The minimum Gasteiger partial charge on any atom is -0.300 e. The molecular formula is C14H27N. The second-order valence-corrected chi connectivity index (χ2v) is 6.86. The average Bonchev–Trinajstić information content (AvgIpc) is 1.97. The monoisotopic (exact) mass is 209 g/mol. The number of piperidine rings is 1. The molecule has 3 unspecified atom stereocenters. The van der Waals surface area contributed by atoms with Crippen LogP contribution in [0.1, 0.15) is 53.4 Å². The van der Waals surface area contributed by atoms with E-state index in [1.807, 2.05) is 0 Å². The summed E-state index contributed by atoms with van der Waals surface area (Å²) in [4.78, 5) is 2.79.